The third-order valence-corrected chi connectivity index (χ3v) is 5.32. The predicted molar refractivity (Wildman–Crippen MR) is 103 cm³/mol. The maximum absolute atomic E-state index is 13.0. The molecule has 3 rings (SSSR count). The first-order chi connectivity index (χ1) is 13.0. The average molecular weight is 399 g/mol. The quantitative estimate of drug-likeness (QED) is 0.489. The van der Waals surface area contributed by atoms with Crippen molar-refractivity contribution in [3.05, 3.63) is 63.4 Å². The number of amides is 1. The van der Waals surface area contributed by atoms with E-state index in [0.29, 0.717) is 16.3 Å². The second-order valence-corrected chi connectivity index (χ2v) is 7.20. The summed E-state index contributed by atoms with van der Waals surface area (Å²) in [5, 5.41) is 14.1. The Kier molecular flexibility index (Phi) is 5.90. The molecule has 2 aromatic heterocycles. The number of aromatic nitrogens is 2. The Hall–Kier alpha value is -3.09. The third kappa shape index (κ3) is 4.97. The van der Waals surface area contributed by atoms with Crippen LogP contribution in [-0.4, -0.2) is 15.9 Å². The fraction of sp³-hybridized carbons (Fsp3) is 0.111. The number of carbonyl (C=O) groups excluding carboxylic acids is 1. The molecule has 0 saturated carbocycles. The van der Waals surface area contributed by atoms with Gasteiger partial charge in [-0.2, -0.15) is 5.26 Å². The lowest BCUT2D eigenvalue weighted by Crippen LogP contribution is -2.35. The van der Waals surface area contributed by atoms with Gasteiger partial charge in [-0.05, 0) is 31.2 Å². The highest BCUT2D eigenvalue weighted by Crippen LogP contribution is 2.24. The predicted octanol–water partition coefficient (Wildman–Crippen LogP) is 3.44. The summed E-state index contributed by atoms with van der Waals surface area (Å²) in [5.41, 5.74) is 7.71. The van der Waals surface area contributed by atoms with Gasteiger partial charge in [0.25, 0.3) is 0 Å². The third-order valence-electron chi connectivity index (χ3n) is 3.38. The van der Waals surface area contributed by atoms with E-state index in [4.69, 9.17) is 0 Å². The van der Waals surface area contributed by atoms with Gasteiger partial charge in [-0.25, -0.2) is 14.4 Å². The number of aryl methyl sites for hydroxylation is 1. The van der Waals surface area contributed by atoms with Gasteiger partial charge in [-0.1, -0.05) is 0 Å². The zero-order chi connectivity index (χ0) is 19.2. The molecule has 0 aliphatic rings. The first-order valence-electron chi connectivity index (χ1n) is 7.82. The van der Waals surface area contributed by atoms with Crippen LogP contribution in [0.25, 0.3) is 16.1 Å². The Labute approximate surface area is 163 Å². The van der Waals surface area contributed by atoms with Crippen LogP contribution in [0.5, 0.6) is 0 Å². The van der Waals surface area contributed by atoms with Gasteiger partial charge >= 0.3 is 0 Å². The smallest absolute Gasteiger partial charge is 0.244 e. The Morgan fingerprint density at radius 1 is 1.26 bits per heavy atom. The van der Waals surface area contributed by atoms with Crippen LogP contribution in [0.15, 0.2) is 41.2 Å². The van der Waals surface area contributed by atoms with Crippen LogP contribution in [-0.2, 0) is 11.2 Å². The Morgan fingerprint density at radius 3 is 2.70 bits per heavy atom. The summed E-state index contributed by atoms with van der Waals surface area (Å²) < 4.78 is 13.0. The summed E-state index contributed by atoms with van der Waals surface area (Å²) in [6.45, 7) is 1.85. The van der Waals surface area contributed by atoms with E-state index in [1.807, 2.05) is 18.4 Å². The number of hydrogen-bond donors (Lipinski definition) is 2. The number of hydrazine groups is 1. The molecule has 0 bridgehead atoms. The number of benzene rings is 1. The lowest BCUT2D eigenvalue weighted by molar-refractivity contribution is -0.121. The van der Waals surface area contributed by atoms with Crippen molar-refractivity contribution in [1.82, 2.24) is 20.8 Å². The number of thiazole rings is 2. The van der Waals surface area contributed by atoms with E-state index in [1.54, 1.807) is 17.5 Å². The largest absolute Gasteiger partial charge is 0.304 e. The Balaban J connectivity index is 1.56. The number of carbonyl (C=O) groups is 1. The van der Waals surface area contributed by atoms with Crippen LogP contribution in [0.2, 0.25) is 0 Å². The number of allylic oxidation sites excluding steroid dienone is 1. The SMILES string of the molecule is Cc1csc(/C(C#N)=C/NNC(=O)Cc2csc(-c3ccc(F)cc3)n2)n1. The summed E-state index contributed by atoms with van der Waals surface area (Å²) in [6.07, 6.45) is 1.48. The molecular formula is C18H14FN5OS2. The molecule has 0 aliphatic heterocycles. The molecule has 0 unspecified atom stereocenters. The molecule has 2 heterocycles. The van der Waals surface area contributed by atoms with Crippen LogP contribution < -0.4 is 10.9 Å². The van der Waals surface area contributed by atoms with Gasteiger partial charge in [0.1, 0.15) is 27.5 Å². The highest BCUT2D eigenvalue weighted by molar-refractivity contribution is 7.13. The number of nitrogens with one attached hydrogen (secondary N) is 2. The number of hydrogen-bond acceptors (Lipinski definition) is 7. The van der Waals surface area contributed by atoms with Crippen molar-refractivity contribution >= 4 is 34.2 Å². The second kappa shape index (κ2) is 8.53. The highest BCUT2D eigenvalue weighted by Gasteiger charge is 2.09. The standard InChI is InChI=1S/C18H14FN5OS2/c1-11-9-26-18(22-11)13(7-20)8-21-24-16(25)6-15-10-27-17(23-15)12-2-4-14(19)5-3-12/h2-5,8-10,21H,6H2,1H3,(H,24,25)/b13-8+. The van der Waals surface area contributed by atoms with Crippen LogP contribution in [0, 0.1) is 24.1 Å². The van der Waals surface area contributed by atoms with E-state index in [0.717, 1.165) is 16.3 Å². The molecule has 1 amide bonds. The molecular weight excluding hydrogens is 385 g/mol. The minimum absolute atomic E-state index is 0.0801. The molecule has 136 valence electrons. The lowest BCUT2D eigenvalue weighted by Gasteiger charge is -2.03. The van der Waals surface area contributed by atoms with Crippen LogP contribution in [0.3, 0.4) is 0 Å². The summed E-state index contributed by atoms with van der Waals surface area (Å²) >= 11 is 2.75. The fourth-order valence-electron chi connectivity index (χ4n) is 2.13. The molecule has 1 aromatic carbocycles. The maximum Gasteiger partial charge on any atom is 0.244 e. The first kappa shape index (κ1) is 18.7. The van der Waals surface area contributed by atoms with E-state index in [-0.39, 0.29) is 18.1 Å². The zero-order valence-electron chi connectivity index (χ0n) is 14.2. The molecule has 0 aliphatic carbocycles. The Bertz CT molecular complexity index is 1020. The summed E-state index contributed by atoms with van der Waals surface area (Å²) in [6, 6.07) is 8.07. The summed E-state index contributed by atoms with van der Waals surface area (Å²) in [4.78, 5) is 20.6. The van der Waals surface area contributed by atoms with Gasteiger partial charge < -0.3 is 5.43 Å². The van der Waals surface area contributed by atoms with Crippen molar-refractivity contribution in [3.63, 3.8) is 0 Å². The fourth-order valence-corrected chi connectivity index (χ4v) is 3.72. The first-order valence-corrected chi connectivity index (χ1v) is 9.58. The van der Waals surface area contributed by atoms with Gasteiger partial charge in [0.05, 0.1) is 12.1 Å². The zero-order valence-corrected chi connectivity index (χ0v) is 15.8. The van der Waals surface area contributed by atoms with E-state index < -0.39 is 0 Å². The van der Waals surface area contributed by atoms with Gasteiger partial charge in [0, 0.05) is 28.2 Å². The van der Waals surface area contributed by atoms with Crippen molar-refractivity contribution in [1.29, 1.82) is 5.26 Å². The van der Waals surface area contributed by atoms with Gasteiger partial charge in [0.2, 0.25) is 5.91 Å². The number of nitrogens with zero attached hydrogens (tertiary/aromatic N) is 3. The number of rotatable bonds is 6. The minimum Gasteiger partial charge on any atom is -0.304 e. The van der Waals surface area contributed by atoms with E-state index >= 15 is 0 Å². The van der Waals surface area contributed by atoms with Crippen molar-refractivity contribution in [3.8, 4) is 16.6 Å². The molecule has 27 heavy (non-hydrogen) atoms. The van der Waals surface area contributed by atoms with Crippen LogP contribution in [0.4, 0.5) is 4.39 Å². The van der Waals surface area contributed by atoms with E-state index in [1.165, 1.54) is 41.0 Å². The van der Waals surface area contributed by atoms with Gasteiger partial charge in [0.15, 0.2) is 0 Å². The van der Waals surface area contributed by atoms with E-state index in [9.17, 15) is 14.4 Å². The summed E-state index contributed by atoms with van der Waals surface area (Å²) in [7, 11) is 0. The molecule has 0 spiro atoms. The molecule has 9 heteroatoms. The number of halogens is 1. The lowest BCUT2D eigenvalue weighted by atomic mass is 10.2. The normalized spacial score (nSPS) is 11.1. The van der Waals surface area contributed by atoms with Crippen molar-refractivity contribution in [2.45, 2.75) is 13.3 Å². The molecule has 0 radical (unpaired) electrons. The molecule has 6 nitrogen and oxygen atoms in total. The topological polar surface area (TPSA) is 90.7 Å². The van der Waals surface area contributed by atoms with Gasteiger partial charge in [-0.15, -0.1) is 22.7 Å². The maximum atomic E-state index is 13.0. The summed E-state index contributed by atoms with van der Waals surface area (Å²) in [5.74, 6) is -0.603. The van der Waals surface area contributed by atoms with Crippen molar-refractivity contribution < 1.29 is 9.18 Å². The molecule has 0 atom stereocenters. The van der Waals surface area contributed by atoms with E-state index in [2.05, 4.69) is 20.8 Å². The Morgan fingerprint density at radius 2 is 2.04 bits per heavy atom. The molecule has 2 N–H and O–H groups in total. The van der Waals surface area contributed by atoms with Crippen molar-refractivity contribution in [2.24, 2.45) is 0 Å². The minimum atomic E-state index is -0.307. The highest BCUT2D eigenvalue weighted by atomic mass is 32.1. The second-order valence-electron chi connectivity index (χ2n) is 5.48. The van der Waals surface area contributed by atoms with Gasteiger partial charge in [-0.3, -0.25) is 10.2 Å². The monoisotopic (exact) mass is 399 g/mol. The molecule has 0 fully saturated rings. The molecule has 3 aromatic rings. The van der Waals surface area contributed by atoms with Crippen LogP contribution in [0.1, 0.15) is 16.4 Å². The average Bonchev–Trinajstić information content (AvgIpc) is 3.29. The van der Waals surface area contributed by atoms with Crippen LogP contribution >= 0.6 is 22.7 Å². The van der Waals surface area contributed by atoms with Crippen molar-refractivity contribution in [2.75, 3.05) is 0 Å². The number of nitriles is 1. The molecule has 0 saturated heterocycles.